The molecule has 0 saturated carbocycles. The van der Waals surface area contributed by atoms with E-state index < -0.39 is 5.60 Å². The Morgan fingerprint density at radius 3 is 2.50 bits per heavy atom. The fourth-order valence-electron chi connectivity index (χ4n) is 2.62. The van der Waals surface area contributed by atoms with E-state index in [1.165, 1.54) is 11.3 Å². The van der Waals surface area contributed by atoms with Crippen molar-refractivity contribution in [3.8, 4) is 5.75 Å². The molecule has 0 fully saturated rings. The smallest absolute Gasteiger partial charge is 0.306 e. The number of ether oxygens (including phenoxy) is 2. The maximum Gasteiger partial charge on any atom is 0.306 e. The number of methoxy groups -OCH3 is 1. The summed E-state index contributed by atoms with van der Waals surface area (Å²) < 4.78 is 11.8. The Bertz CT molecular complexity index is 789. The number of aryl methyl sites for hydroxylation is 1. The fraction of sp³-hybridized carbons (Fsp3) is 0.500. The summed E-state index contributed by atoms with van der Waals surface area (Å²) in [5.74, 6) is 0.479. The number of halogens is 1. The number of hydrogen-bond acceptors (Lipinski definition) is 5. The average molecular weight is 441 g/mol. The minimum atomic E-state index is -0.528. The quantitative estimate of drug-likeness (QED) is 0.307. The highest BCUT2D eigenvalue weighted by molar-refractivity contribution is 9.09. The molecule has 1 aromatic heterocycles. The molecule has 6 heteroatoms. The highest BCUT2D eigenvalue weighted by atomic mass is 79.9. The molecule has 0 saturated heterocycles. The molecule has 0 atom stereocenters. The molecule has 0 aliphatic rings. The van der Waals surface area contributed by atoms with Crippen molar-refractivity contribution in [2.75, 3.05) is 12.4 Å². The molecule has 0 N–H and O–H groups in total. The van der Waals surface area contributed by atoms with Crippen LogP contribution in [0.25, 0.3) is 10.1 Å². The van der Waals surface area contributed by atoms with E-state index in [4.69, 9.17) is 9.47 Å². The third kappa shape index (κ3) is 5.81. The first kappa shape index (κ1) is 20.9. The van der Waals surface area contributed by atoms with Crippen molar-refractivity contribution in [2.45, 2.75) is 52.1 Å². The number of ketones is 1. The number of hydrogen-bond donors (Lipinski definition) is 0. The van der Waals surface area contributed by atoms with Crippen molar-refractivity contribution in [3.63, 3.8) is 0 Å². The second-order valence-electron chi connectivity index (χ2n) is 7.11. The van der Waals surface area contributed by atoms with Gasteiger partial charge in [-0.05, 0) is 62.8 Å². The van der Waals surface area contributed by atoms with Gasteiger partial charge in [-0.15, -0.1) is 11.3 Å². The second kappa shape index (κ2) is 9.00. The number of benzene rings is 1. The molecule has 0 bridgehead atoms. The standard InChI is InChI=1S/C20H25BrO4S/c1-20(2,3)25-19(23)8-7-15(22)18-12-14-10-16(24-4)13(6-5-9-21)11-17(14)26-18/h10-12H,5-9H2,1-4H3. The molecule has 0 amide bonds. The molecule has 1 aromatic carbocycles. The van der Waals surface area contributed by atoms with Crippen molar-refractivity contribution < 1.29 is 19.1 Å². The van der Waals surface area contributed by atoms with E-state index in [-0.39, 0.29) is 24.6 Å². The van der Waals surface area contributed by atoms with Gasteiger partial charge in [-0.2, -0.15) is 0 Å². The molecule has 2 rings (SSSR count). The summed E-state index contributed by atoms with van der Waals surface area (Å²) >= 11 is 4.92. The van der Waals surface area contributed by atoms with E-state index in [1.54, 1.807) is 7.11 Å². The van der Waals surface area contributed by atoms with Gasteiger partial charge in [-0.3, -0.25) is 9.59 Å². The van der Waals surface area contributed by atoms with Gasteiger partial charge < -0.3 is 9.47 Å². The van der Waals surface area contributed by atoms with Crippen molar-refractivity contribution >= 4 is 49.1 Å². The van der Waals surface area contributed by atoms with Crippen molar-refractivity contribution in [1.82, 2.24) is 0 Å². The lowest BCUT2D eigenvalue weighted by atomic mass is 10.1. The monoisotopic (exact) mass is 440 g/mol. The molecular formula is C20H25BrO4S. The van der Waals surface area contributed by atoms with E-state index in [9.17, 15) is 9.59 Å². The average Bonchev–Trinajstić information content (AvgIpc) is 2.98. The number of rotatable bonds is 8. The molecule has 26 heavy (non-hydrogen) atoms. The van der Waals surface area contributed by atoms with Crippen LogP contribution in [-0.2, 0) is 16.0 Å². The predicted octanol–water partition coefficient (Wildman–Crippen LogP) is 5.54. The molecule has 0 aliphatic carbocycles. The zero-order valence-corrected chi connectivity index (χ0v) is 18.1. The predicted molar refractivity (Wildman–Crippen MR) is 110 cm³/mol. The number of esters is 1. The summed E-state index contributed by atoms with van der Waals surface area (Å²) in [6.45, 7) is 5.46. The zero-order valence-electron chi connectivity index (χ0n) is 15.7. The Balaban J connectivity index is 2.12. The van der Waals surface area contributed by atoms with Gasteiger partial charge >= 0.3 is 5.97 Å². The highest BCUT2D eigenvalue weighted by Gasteiger charge is 2.19. The van der Waals surface area contributed by atoms with Crippen LogP contribution in [0.4, 0.5) is 0 Å². The first-order chi connectivity index (χ1) is 12.2. The number of thiophene rings is 1. The largest absolute Gasteiger partial charge is 0.496 e. The number of carbonyl (C=O) groups is 2. The normalized spacial score (nSPS) is 11.6. The number of carbonyl (C=O) groups excluding carboxylic acids is 2. The summed E-state index contributed by atoms with van der Waals surface area (Å²) in [5.41, 5.74) is 0.619. The van der Waals surface area contributed by atoms with Gasteiger partial charge in [0.05, 0.1) is 18.4 Å². The van der Waals surface area contributed by atoms with Crippen molar-refractivity contribution in [2.24, 2.45) is 0 Å². The van der Waals surface area contributed by atoms with Gasteiger partial charge in [0.2, 0.25) is 0 Å². The van der Waals surface area contributed by atoms with Crippen LogP contribution >= 0.6 is 27.3 Å². The van der Waals surface area contributed by atoms with Crippen LogP contribution in [0, 0.1) is 0 Å². The third-order valence-corrected chi connectivity index (χ3v) is 5.45. The third-order valence-electron chi connectivity index (χ3n) is 3.75. The molecule has 2 aromatic rings. The number of fused-ring (bicyclic) bond motifs is 1. The van der Waals surface area contributed by atoms with Crippen molar-refractivity contribution in [3.05, 3.63) is 28.6 Å². The van der Waals surface area contributed by atoms with Gasteiger partial charge in [-0.1, -0.05) is 15.9 Å². The summed E-state index contributed by atoms with van der Waals surface area (Å²) in [7, 11) is 1.66. The molecule has 0 aliphatic heterocycles. The molecule has 0 radical (unpaired) electrons. The summed E-state index contributed by atoms with van der Waals surface area (Å²) in [5, 5.41) is 1.93. The Labute approximate surface area is 167 Å². The zero-order chi connectivity index (χ0) is 19.3. The SMILES string of the molecule is COc1cc2cc(C(=O)CCC(=O)OC(C)(C)C)sc2cc1CCCBr. The van der Waals surface area contributed by atoms with Crippen LogP contribution in [0.2, 0.25) is 0 Å². The maximum absolute atomic E-state index is 12.5. The van der Waals surface area contributed by atoms with Crippen molar-refractivity contribution in [1.29, 1.82) is 0 Å². The molecule has 4 nitrogen and oxygen atoms in total. The lowest BCUT2D eigenvalue weighted by molar-refractivity contribution is -0.154. The summed E-state index contributed by atoms with van der Waals surface area (Å²) in [6, 6.07) is 5.97. The first-order valence-corrected chi connectivity index (χ1v) is 10.6. The second-order valence-corrected chi connectivity index (χ2v) is 8.99. The van der Waals surface area contributed by atoms with Crippen LogP contribution in [0.15, 0.2) is 18.2 Å². The highest BCUT2D eigenvalue weighted by Crippen LogP contribution is 2.33. The molecule has 1 heterocycles. The van der Waals surface area contributed by atoms with E-state index in [2.05, 4.69) is 22.0 Å². The van der Waals surface area contributed by atoms with E-state index in [1.807, 2.05) is 32.9 Å². The Morgan fingerprint density at radius 1 is 1.15 bits per heavy atom. The summed E-state index contributed by atoms with van der Waals surface area (Å²) in [6.07, 6.45) is 2.21. The van der Waals surface area contributed by atoms with Gasteiger partial charge in [0.25, 0.3) is 0 Å². The van der Waals surface area contributed by atoms with Gasteiger partial charge in [-0.25, -0.2) is 0 Å². The van der Waals surface area contributed by atoms with Crippen LogP contribution < -0.4 is 4.74 Å². The maximum atomic E-state index is 12.5. The van der Waals surface area contributed by atoms with Gasteiger partial charge in [0, 0.05) is 16.5 Å². The minimum absolute atomic E-state index is 0.0296. The molecule has 0 spiro atoms. The molecule has 0 unspecified atom stereocenters. The number of Topliss-reactive ketones (excluding diaryl/α,β-unsaturated/α-hetero) is 1. The van der Waals surface area contributed by atoms with Gasteiger partial charge in [0.1, 0.15) is 11.4 Å². The van der Waals surface area contributed by atoms with E-state index in [0.717, 1.165) is 39.6 Å². The first-order valence-electron chi connectivity index (χ1n) is 8.65. The number of alkyl halides is 1. The molecular weight excluding hydrogens is 416 g/mol. The van der Waals surface area contributed by atoms with Crippen LogP contribution in [0.5, 0.6) is 5.75 Å². The molecule has 142 valence electrons. The Kier molecular flexibility index (Phi) is 7.24. The van der Waals surface area contributed by atoms with E-state index >= 15 is 0 Å². The fourth-order valence-corrected chi connectivity index (χ4v) is 3.98. The topological polar surface area (TPSA) is 52.6 Å². The van der Waals surface area contributed by atoms with Crippen LogP contribution in [0.3, 0.4) is 0 Å². The van der Waals surface area contributed by atoms with Crippen LogP contribution in [-0.4, -0.2) is 29.8 Å². The van der Waals surface area contributed by atoms with Crippen LogP contribution in [0.1, 0.15) is 55.3 Å². The lowest BCUT2D eigenvalue weighted by Gasteiger charge is -2.19. The summed E-state index contributed by atoms with van der Waals surface area (Å²) in [4.78, 5) is 24.9. The Hall–Kier alpha value is -1.40. The minimum Gasteiger partial charge on any atom is -0.496 e. The lowest BCUT2D eigenvalue weighted by Crippen LogP contribution is -2.24. The van der Waals surface area contributed by atoms with E-state index in [0.29, 0.717) is 4.88 Å². The van der Waals surface area contributed by atoms with Gasteiger partial charge in [0.15, 0.2) is 5.78 Å². The Morgan fingerprint density at radius 2 is 1.88 bits per heavy atom.